The fourth-order valence-electron chi connectivity index (χ4n) is 11.8. The Labute approximate surface area is 554 Å². The number of carbonyl (C=O) groups is 3. The maximum absolute atomic E-state index is 17.8. The highest BCUT2D eigenvalue weighted by atomic mass is 31.2. The second-order valence-electron chi connectivity index (χ2n) is 23.1. The SMILES string of the molecule is O=Cc1c(Cc2ccccc2)cc(OP(=O)(Oc2cc(Cc3ccccc3)c(C=O)c(Cc3ccccc3)c2OCc2ccccc2)Oc2cc(Cc3ccccc3)c(C=O)c(Cc3ccccc3)c2OCc2ccccc2)c(OCc2ccccc2)c1Cc1ccccc1. The molecule has 11 heteroatoms. The lowest BCUT2D eigenvalue weighted by atomic mass is 9.91. The predicted octanol–water partition coefficient (Wildman–Crippen LogP) is 19.1. The minimum absolute atomic E-state index is 0.00792. The van der Waals surface area contributed by atoms with Gasteiger partial charge in [-0.25, -0.2) is 0 Å². The van der Waals surface area contributed by atoms with Crippen LogP contribution in [0.1, 0.15) is 115 Å². The average Bonchev–Trinajstić information content (AvgIpc) is 0.784. The summed E-state index contributed by atoms with van der Waals surface area (Å²) in [6, 6.07) is 92.2. The lowest BCUT2D eigenvalue weighted by molar-refractivity contribution is 0.111. The van der Waals surface area contributed by atoms with Crippen LogP contribution in [0.3, 0.4) is 0 Å². The van der Waals surface area contributed by atoms with Crippen LogP contribution in [-0.4, -0.2) is 18.9 Å². The summed E-state index contributed by atoms with van der Waals surface area (Å²) in [6.45, 7) is 0.0238. The first-order chi connectivity index (χ1) is 46.8. The van der Waals surface area contributed by atoms with Gasteiger partial charge in [-0.2, -0.15) is 4.57 Å². The Morgan fingerprint density at radius 3 is 0.642 bits per heavy atom. The first-order valence-electron chi connectivity index (χ1n) is 31.6. The normalized spacial score (nSPS) is 11.1. The number of benzene rings is 12. The largest absolute Gasteiger partial charge is 0.647 e. The number of aldehydes is 3. The van der Waals surface area contributed by atoms with Crippen molar-refractivity contribution in [1.82, 2.24) is 0 Å². The van der Waals surface area contributed by atoms with E-state index in [-0.39, 0.29) is 92.8 Å². The second-order valence-corrected chi connectivity index (χ2v) is 24.6. The third kappa shape index (κ3) is 16.5. The lowest BCUT2D eigenvalue weighted by Gasteiger charge is -2.27. The van der Waals surface area contributed by atoms with E-state index in [0.717, 1.165) is 68.9 Å². The third-order valence-corrected chi connectivity index (χ3v) is 17.7. The molecule has 0 aliphatic heterocycles. The number of rotatable bonds is 30. The van der Waals surface area contributed by atoms with Crippen molar-refractivity contribution in [2.75, 3.05) is 0 Å². The van der Waals surface area contributed by atoms with Gasteiger partial charge in [0, 0.05) is 52.6 Å². The summed E-state index contributed by atoms with van der Waals surface area (Å²) in [6.07, 6.45) is 3.85. The van der Waals surface area contributed by atoms with E-state index in [2.05, 4.69) is 0 Å². The Morgan fingerprint density at radius 1 is 0.253 bits per heavy atom. The third-order valence-electron chi connectivity index (χ3n) is 16.5. The molecule has 0 spiro atoms. The molecule has 0 atom stereocenters. The first kappa shape index (κ1) is 63.8. The van der Waals surface area contributed by atoms with Crippen LogP contribution in [0, 0.1) is 0 Å². The van der Waals surface area contributed by atoms with Crippen LogP contribution in [0.4, 0.5) is 0 Å². The van der Waals surface area contributed by atoms with Crippen molar-refractivity contribution in [2.45, 2.75) is 58.3 Å². The number of phosphoric acid groups is 1. The summed E-state index contributed by atoms with van der Waals surface area (Å²) in [4.78, 5) is 42.0. The Bertz CT molecular complexity index is 4090. The maximum atomic E-state index is 17.8. The van der Waals surface area contributed by atoms with Gasteiger partial charge in [0.2, 0.25) is 0 Å². The Morgan fingerprint density at radius 2 is 0.442 bits per heavy atom. The van der Waals surface area contributed by atoms with Crippen molar-refractivity contribution in [3.8, 4) is 34.5 Å². The van der Waals surface area contributed by atoms with Gasteiger partial charge in [-0.15, -0.1) is 0 Å². The van der Waals surface area contributed by atoms with E-state index in [1.54, 1.807) is 18.2 Å². The molecule has 0 saturated carbocycles. The van der Waals surface area contributed by atoms with Gasteiger partial charge in [0.25, 0.3) is 0 Å². The highest BCUT2D eigenvalue weighted by Crippen LogP contribution is 2.58. The van der Waals surface area contributed by atoms with E-state index < -0.39 is 7.82 Å². The van der Waals surface area contributed by atoms with Crippen molar-refractivity contribution < 1.29 is 46.7 Å². The summed E-state index contributed by atoms with van der Waals surface area (Å²) >= 11 is 0. The number of hydrogen-bond donors (Lipinski definition) is 0. The monoisotopic (exact) mass is 1270 g/mol. The topological polar surface area (TPSA) is 124 Å². The molecule has 0 saturated heterocycles. The quantitative estimate of drug-likeness (QED) is 0.0317. The first-order valence-corrected chi connectivity index (χ1v) is 33.1. The molecule has 0 aromatic heterocycles. The van der Waals surface area contributed by atoms with Gasteiger partial charge in [-0.3, -0.25) is 14.4 Å². The molecular weight excluding hydrogens is 1200 g/mol. The number of carbonyl (C=O) groups excluding carboxylic acids is 3. The highest BCUT2D eigenvalue weighted by Gasteiger charge is 2.40. The summed E-state index contributed by atoms with van der Waals surface area (Å²) in [5, 5.41) is 0. The molecule has 0 aliphatic rings. The standard InChI is InChI=1S/C84H69O10P/c85-55-76-70(46-61-28-10-1-11-29-61)52-79(82(89-58-67-40-22-7-23-41-67)73(76)49-64-34-16-4-17-35-64)92-95(88,93-80-53-71(47-62-30-12-2-13-31-62)77(56-86)74(50-65-36-18-5-19-37-65)83(80)90-59-68-42-24-8-25-43-68)94-81-54-72(48-63-32-14-3-15-33-63)78(57-87)75(51-66-38-20-6-21-39-66)84(81)91-60-69-44-26-9-27-45-69/h1-45,52-57H,46-51,58-60H2. The van der Waals surface area contributed by atoms with E-state index >= 15 is 4.57 Å². The minimum atomic E-state index is -5.44. The van der Waals surface area contributed by atoms with Crippen LogP contribution in [0.5, 0.6) is 34.5 Å². The molecule has 12 aromatic carbocycles. The summed E-state index contributed by atoms with van der Waals surface area (Å²) in [5.74, 6) is 0.136. The smallest absolute Gasteiger partial charge is 0.485 e. The Kier molecular flexibility index (Phi) is 21.0. The number of ether oxygens (including phenoxy) is 3. The van der Waals surface area contributed by atoms with Crippen LogP contribution >= 0.6 is 7.82 Å². The van der Waals surface area contributed by atoms with Gasteiger partial charge in [-0.1, -0.05) is 273 Å². The molecule has 12 aromatic rings. The fourth-order valence-corrected chi connectivity index (χ4v) is 13.1. The van der Waals surface area contributed by atoms with Gasteiger partial charge in [0.05, 0.1) is 0 Å². The van der Waals surface area contributed by atoms with Crippen molar-refractivity contribution in [1.29, 1.82) is 0 Å². The van der Waals surface area contributed by atoms with Crippen LogP contribution in [-0.2, 0) is 62.9 Å². The van der Waals surface area contributed by atoms with E-state index in [9.17, 15) is 14.4 Å². The van der Waals surface area contributed by atoms with E-state index in [4.69, 9.17) is 27.8 Å². The molecule has 470 valence electrons. The molecular formula is C84H69O10P. The predicted molar refractivity (Wildman–Crippen MR) is 373 cm³/mol. The van der Waals surface area contributed by atoms with Crippen molar-refractivity contribution in [3.05, 3.63) is 391 Å². The molecule has 95 heavy (non-hydrogen) atoms. The molecule has 12 rings (SSSR count). The van der Waals surface area contributed by atoms with Crippen molar-refractivity contribution >= 4 is 26.7 Å². The summed E-state index contributed by atoms with van der Waals surface area (Å²) in [7, 11) is -5.44. The average molecular weight is 1270 g/mol. The molecule has 0 heterocycles. The zero-order valence-electron chi connectivity index (χ0n) is 52.3. The molecule has 0 unspecified atom stereocenters. The van der Waals surface area contributed by atoms with Crippen LogP contribution in [0.15, 0.2) is 291 Å². The molecule has 0 fully saturated rings. The molecule has 0 N–H and O–H groups in total. The van der Waals surface area contributed by atoms with Crippen LogP contribution < -0.4 is 27.8 Å². The van der Waals surface area contributed by atoms with Gasteiger partial charge in [-0.05, 0) is 104 Å². The zero-order chi connectivity index (χ0) is 65.0. The van der Waals surface area contributed by atoms with Gasteiger partial charge < -0.3 is 27.8 Å². The van der Waals surface area contributed by atoms with Crippen molar-refractivity contribution in [2.24, 2.45) is 0 Å². The van der Waals surface area contributed by atoms with Crippen LogP contribution in [0.25, 0.3) is 0 Å². The highest BCUT2D eigenvalue weighted by molar-refractivity contribution is 7.49. The molecule has 0 bridgehead atoms. The molecule has 0 radical (unpaired) electrons. The molecule has 10 nitrogen and oxygen atoms in total. The lowest BCUT2D eigenvalue weighted by Crippen LogP contribution is -2.15. The van der Waals surface area contributed by atoms with E-state index in [1.165, 1.54) is 0 Å². The summed E-state index contributed by atoms with van der Waals surface area (Å²) in [5.41, 5.74) is 11.8. The maximum Gasteiger partial charge on any atom is 0.647 e. The van der Waals surface area contributed by atoms with Gasteiger partial charge in [0.15, 0.2) is 53.4 Å². The Hall–Kier alpha value is -11.3. The summed E-state index contributed by atoms with van der Waals surface area (Å²) < 4.78 is 60.7. The van der Waals surface area contributed by atoms with Crippen LogP contribution in [0.2, 0.25) is 0 Å². The second kappa shape index (κ2) is 31.3. The minimum Gasteiger partial charge on any atom is -0.485 e. The van der Waals surface area contributed by atoms with E-state index in [1.807, 2.05) is 273 Å². The van der Waals surface area contributed by atoms with Gasteiger partial charge >= 0.3 is 7.82 Å². The Balaban J connectivity index is 1.15. The van der Waals surface area contributed by atoms with E-state index in [0.29, 0.717) is 50.1 Å². The molecule has 0 amide bonds. The fraction of sp³-hybridized carbons (Fsp3) is 0.107. The van der Waals surface area contributed by atoms with Gasteiger partial charge in [0.1, 0.15) is 19.8 Å². The van der Waals surface area contributed by atoms with Crippen molar-refractivity contribution in [3.63, 3.8) is 0 Å². The zero-order valence-corrected chi connectivity index (χ0v) is 53.2. The number of hydrogen-bond acceptors (Lipinski definition) is 10. The number of phosphoric ester groups is 1. The molecule has 0 aliphatic carbocycles.